The van der Waals surface area contributed by atoms with Crippen molar-refractivity contribution in [2.24, 2.45) is 0 Å². The summed E-state index contributed by atoms with van der Waals surface area (Å²) < 4.78 is 5.43. The number of aryl methyl sites for hydroxylation is 1. The molecule has 2 rings (SSSR count). The number of nitriles is 1. The highest BCUT2D eigenvalue weighted by Crippen LogP contribution is 2.23. The number of hydrogen-bond acceptors (Lipinski definition) is 4. The van der Waals surface area contributed by atoms with E-state index in [-0.39, 0.29) is 6.61 Å². The Labute approximate surface area is 146 Å². The summed E-state index contributed by atoms with van der Waals surface area (Å²) in [5.41, 5.74) is 0.485. The molecule has 126 valence electrons. The fourth-order valence-corrected chi connectivity index (χ4v) is 2.04. The van der Waals surface area contributed by atoms with Crippen LogP contribution >= 0.6 is 0 Å². The van der Waals surface area contributed by atoms with Gasteiger partial charge in [-0.2, -0.15) is 5.26 Å². The van der Waals surface area contributed by atoms with Gasteiger partial charge in [-0.05, 0) is 55.8 Å². The minimum atomic E-state index is -1.75. The number of carbonyl (C=O) groups is 1. The van der Waals surface area contributed by atoms with E-state index in [1.165, 1.54) is 6.92 Å². The molecule has 0 saturated heterocycles. The predicted octanol–water partition coefficient (Wildman–Crippen LogP) is 3.19. The Hall–Kier alpha value is -3.35. The third-order valence-corrected chi connectivity index (χ3v) is 3.57. The van der Waals surface area contributed by atoms with Crippen LogP contribution in [0.5, 0.6) is 5.75 Å². The molecule has 6 heteroatoms. The molecule has 0 radical (unpaired) electrons. The number of benzene rings is 2. The minimum Gasteiger partial charge on any atom is -0.490 e. The van der Waals surface area contributed by atoms with E-state index in [9.17, 15) is 9.90 Å². The molecule has 0 fully saturated rings. The number of ether oxygens (including phenoxy) is 1. The molecule has 2 aromatic rings. The molecule has 0 aromatic heterocycles. The first-order chi connectivity index (χ1) is 11.9. The smallest absolute Gasteiger partial charge is 0.259 e. The molecule has 1 atom stereocenters. The zero-order valence-corrected chi connectivity index (χ0v) is 13.9. The van der Waals surface area contributed by atoms with Crippen LogP contribution in [0.1, 0.15) is 18.1 Å². The highest BCUT2D eigenvalue weighted by atomic mass is 16.5. The largest absolute Gasteiger partial charge is 0.490 e. The van der Waals surface area contributed by atoms with Crippen LogP contribution in [0.15, 0.2) is 42.5 Å². The molecule has 0 aliphatic carbocycles. The van der Waals surface area contributed by atoms with Crippen molar-refractivity contribution in [1.82, 2.24) is 0 Å². The van der Waals surface area contributed by atoms with Crippen molar-refractivity contribution >= 4 is 17.3 Å². The van der Waals surface area contributed by atoms with Gasteiger partial charge in [-0.3, -0.25) is 4.79 Å². The van der Waals surface area contributed by atoms with Crippen molar-refractivity contribution in [3.63, 3.8) is 0 Å². The summed E-state index contributed by atoms with van der Waals surface area (Å²) in [4.78, 5) is 15.6. The first-order valence-corrected chi connectivity index (χ1v) is 7.50. The molecule has 1 amide bonds. The van der Waals surface area contributed by atoms with Gasteiger partial charge in [0, 0.05) is 5.69 Å². The lowest BCUT2D eigenvalue weighted by Gasteiger charge is -2.22. The molecule has 1 unspecified atom stereocenters. The Morgan fingerprint density at radius 2 is 2.04 bits per heavy atom. The molecule has 0 bridgehead atoms. The van der Waals surface area contributed by atoms with Crippen LogP contribution in [0.4, 0.5) is 11.4 Å². The zero-order valence-electron chi connectivity index (χ0n) is 13.9. The van der Waals surface area contributed by atoms with Crippen LogP contribution in [0, 0.1) is 24.8 Å². The summed E-state index contributed by atoms with van der Waals surface area (Å²) in [5.74, 6) is -0.166. The number of nitrogens with zero attached hydrogens (tertiary/aromatic N) is 2. The van der Waals surface area contributed by atoms with E-state index in [1.54, 1.807) is 49.4 Å². The number of hydrogen-bond donors (Lipinski definition) is 2. The molecule has 0 aliphatic heterocycles. The maximum absolute atomic E-state index is 12.3. The van der Waals surface area contributed by atoms with Crippen LogP contribution in [-0.4, -0.2) is 23.2 Å². The Morgan fingerprint density at radius 1 is 1.36 bits per heavy atom. The van der Waals surface area contributed by atoms with Gasteiger partial charge in [-0.15, -0.1) is 0 Å². The molecule has 6 nitrogen and oxygen atoms in total. The summed E-state index contributed by atoms with van der Waals surface area (Å²) in [6.07, 6.45) is 0. The van der Waals surface area contributed by atoms with Gasteiger partial charge in [0.15, 0.2) is 11.3 Å². The number of anilines is 1. The average molecular weight is 335 g/mol. The van der Waals surface area contributed by atoms with Crippen molar-refractivity contribution < 1.29 is 14.6 Å². The van der Waals surface area contributed by atoms with E-state index < -0.39 is 11.5 Å². The van der Waals surface area contributed by atoms with Crippen LogP contribution in [0.3, 0.4) is 0 Å². The molecule has 0 heterocycles. The topological polar surface area (TPSA) is 86.7 Å². The van der Waals surface area contributed by atoms with Gasteiger partial charge < -0.3 is 15.2 Å². The van der Waals surface area contributed by atoms with Gasteiger partial charge in [0.1, 0.15) is 12.4 Å². The van der Waals surface area contributed by atoms with Gasteiger partial charge in [0.25, 0.3) is 5.91 Å². The second-order valence-corrected chi connectivity index (χ2v) is 5.77. The number of rotatable bonds is 5. The van der Waals surface area contributed by atoms with Gasteiger partial charge >= 0.3 is 0 Å². The van der Waals surface area contributed by atoms with Crippen LogP contribution < -0.4 is 10.1 Å². The standard InChI is InChI=1S/C19H17N3O3/c1-13-10-15(6-9-17(13)21-3)22-18(23)19(2,24)12-25-16-7-4-14(11-20)5-8-16/h4-10,24H,12H2,1-2H3,(H,22,23). The zero-order chi connectivity index (χ0) is 18.4. The van der Waals surface area contributed by atoms with Crippen molar-refractivity contribution in [3.05, 3.63) is 65.0 Å². The van der Waals surface area contributed by atoms with Crippen LogP contribution in [-0.2, 0) is 4.79 Å². The molecular weight excluding hydrogens is 318 g/mol. The van der Waals surface area contributed by atoms with Crippen molar-refractivity contribution in [2.45, 2.75) is 19.4 Å². The van der Waals surface area contributed by atoms with E-state index in [0.717, 1.165) is 5.56 Å². The number of carbonyl (C=O) groups excluding carboxylic acids is 1. The number of amides is 1. The summed E-state index contributed by atoms with van der Waals surface area (Å²) in [6, 6.07) is 13.3. The maximum atomic E-state index is 12.3. The third kappa shape index (κ3) is 4.57. The summed E-state index contributed by atoms with van der Waals surface area (Å²) >= 11 is 0. The van der Waals surface area contributed by atoms with Crippen LogP contribution in [0.2, 0.25) is 0 Å². The highest BCUT2D eigenvalue weighted by molar-refractivity contribution is 5.97. The van der Waals surface area contributed by atoms with Crippen molar-refractivity contribution in [2.75, 3.05) is 11.9 Å². The molecule has 0 spiro atoms. The van der Waals surface area contributed by atoms with E-state index >= 15 is 0 Å². The van der Waals surface area contributed by atoms with Crippen LogP contribution in [0.25, 0.3) is 4.85 Å². The Bertz CT molecular complexity index is 859. The Kier molecular flexibility index (Phi) is 5.38. The molecule has 2 aromatic carbocycles. The first-order valence-electron chi connectivity index (χ1n) is 7.50. The van der Waals surface area contributed by atoms with Gasteiger partial charge in [0.2, 0.25) is 0 Å². The summed E-state index contributed by atoms with van der Waals surface area (Å²) in [5, 5.41) is 21.7. The van der Waals surface area contributed by atoms with E-state index in [0.29, 0.717) is 22.7 Å². The lowest BCUT2D eigenvalue weighted by molar-refractivity contribution is -0.135. The van der Waals surface area contributed by atoms with Gasteiger partial charge in [-0.25, -0.2) is 4.85 Å². The molecule has 0 saturated carbocycles. The fraction of sp³-hybridized carbons (Fsp3) is 0.211. The van der Waals surface area contributed by atoms with Gasteiger partial charge in [0.05, 0.1) is 18.2 Å². The predicted molar refractivity (Wildman–Crippen MR) is 93.3 cm³/mol. The van der Waals surface area contributed by atoms with E-state index in [2.05, 4.69) is 10.2 Å². The lowest BCUT2D eigenvalue weighted by Crippen LogP contribution is -2.45. The molecule has 25 heavy (non-hydrogen) atoms. The normalized spacial score (nSPS) is 12.4. The summed E-state index contributed by atoms with van der Waals surface area (Å²) in [7, 11) is 0. The Balaban J connectivity index is 2.00. The average Bonchev–Trinajstić information content (AvgIpc) is 2.60. The number of aliphatic hydroxyl groups is 1. The monoisotopic (exact) mass is 335 g/mol. The fourth-order valence-electron chi connectivity index (χ4n) is 2.04. The maximum Gasteiger partial charge on any atom is 0.259 e. The molecular formula is C19H17N3O3. The second kappa shape index (κ2) is 7.48. The quantitative estimate of drug-likeness (QED) is 0.822. The summed E-state index contributed by atoms with van der Waals surface area (Å²) in [6.45, 7) is 9.90. The minimum absolute atomic E-state index is 0.246. The molecule has 0 aliphatic rings. The Morgan fingerprint density at radius 3 is 2.60 bits per heavy atom. The third-order valence-electron chi connectivity index (χ3n) is 3.57. The van der Waals surface area contributed by atoms with E-state index in [4.69, 9.17) is 16.6 Å². The van der Waals surface area contributed by atoms with Crippen molar-refractivity contribution in [3.8, 4) is 11.8 Å². The highest BCUT2D eigenvalue weighted by Gasteiger charge is 2.31. The van der Waals surface area contributed by atoms with Gasteiger partial charge in [-0.1, -0.05) is 6.07 Å². The van der Waals surface area contributed by atoms with E-state index in [1.807, 2.05) is 6.07 Å². The lowest BCUT2D eigenvalue weighted by atomic mass is 10.1. The first kappa shape index (κ1) is 18.0. The number of nitrogens with one attached hydrogen (secondary N) is 1. The van der Waals surface area contributed by atoms with Crippen molar-refractivity contribution in [1.29, 1.82) is 5.26 Å². The second-order valence-electron chi connectivity index (χ2n) is 5.77. The SMILES string of the molecule is [C-]#[N+]c1ccc(NC(=O)C(C)(O)COc2ccc(C#N)cc2)cc1C. The molecule has 2 N–H and O–H groups in total.